The van der Waals surface area contributed by atoms with Crippen LogP contribution in [0.25, 0.3) is 0 Å². The van der Waals surface area contributed by atoms with Crippen LogP contribution in [0.2, 0.25) is 0 Å². The highest BCUT2D eigenvalue weighted by molar-refractivity contribution is 5.79. The molecule has 3 amide bonds. The van der Waals surface area contributed by atoms with Crippen molar-refractivity contribution in [2.24, 2.45) is 0 Å². The van der Waals surface area contributed by atoms with Crippen LogP contribution in [0.4, 0.5) is 9.59 Å². The molecule has 1 aliphatic heterocycles. The number of nitrogens with one attached hydrogen (secondary N) is 3. The van der Waals surface area contributed by atoms with Crippen LogP contribution in [0.3, 0.4) is 0 Å². The number of hydrogen-bond acceptors (Lipinski definition) is 4. The minimum absolute atomic E-state index is 0.0211. The number of carboxylic acid groups (broad SMARTS) is 1. The minimum Gasteiger partial charge on any atom is -0.465 e. The predicted octanol–water partition coefficient (Wildman–Crippen LogP) is 0.0358. The van der Waals surface area contributed by atoms with E-state index in [0.29, 0.717) is 0 Å². The predicted molar refractivity (Wildman–Crippen MR) is 65.7 cm³/mol. The van der Waals surface area contributed by atoms with Gasteiger partial charge < -0.3 is 25.8 Å². The summed E-state index contributed by atoms with van der Waals surface area (Å²) in [6, 6.07) is -1.21. The van der Waals surface area contributed by atoms with E-state index in [1.54, 1.807) is 20.8 Å². The number of carbonyl (C=O) groups is 3. The number of alkyl carbamates (subject to hydrolysis) is 1. The molecule has 4 N–H and O–H groups in total. The maximum absolute atomic E-state index is 11.6. The van der Waals surface area contributed by atoms with Gasteiger partial charge in [0.05, 0.1) is 12.1 Å². The molecule has 0 aromatic heterocycles. The Kier molecular flexibility index (Phi) is 4.57. The summed E-state index contributed by atoms with van der Waals surface area (Å²) in [4.78, 5) is 33.5. The van der Waals surface area contributed by atoms with Gasteiger partial charge in [0.2, 0.25) is 5.91 Å². The zero-order chi connectivity index (χ0) is 14.6. The van der Waals surface area contributed by atoms with E-state index in [1.807, 2.05) is 0 Å². The van der Waals surface area contributed by atoms with Crippen LogP contribution in [0.15, 0.2) is 0 Å². The Bertz CT molecular complexity index is 375. The van der Waals surface area contributed by atoms with Crippen molar-refractivity contribution in [3.8, 4) is 0 Å². The smallest absolute Gasteiger partial charge is 0.408 e. The molecular formula is C11H19N3O5. The summed E-state index contributed by atoms with van der Waals surface area (Å²) in [5.74, 6) is -0.263. The minimum atomic E-state index is -1.24. The molecule has 8 nitrogen and oxygen atoms in total. The molecule has 0 bridgehead atoms. The molecule has 0 aliphatic carbocycles. The Morgan fingerprint density at radius 1 is 1.32 bits per heavy atom. The molecule has 0 aromatic rings. The zero-order valence-corrected chi connectivity index (χ0v) is 11.1. The van der Waals surface area contributed by atoms with E-state index in [-0.39, 0.29) is 18.9 Å². The standard InChI is InChI=1S/C11H19N3O5/c1-11(2,3)19-10(18)14-7-5-12-8(15)4-6(7)13-9(16)17/h6-7,13H,4-5H2,1-3H3,(H,12,15)(H,14,18)(H,16,17)/t6-,7-/m1/s1. The fraction of sp³-hybridized carbons (Fsp3) is 0.727. The van der Waals surface area contributed by atoms with Crippen LogP contribution < -0.4 is 16.0 Å². The third-order valence-corrected chi connectivity index (χ3v) is 2.42. The molecule has 19 heavy (non-hydrogen) atoms. The molecule has 1 heterocycles. The van der Waals surface area contributed by atoms with Gasteiger partial charge in [0.15, 0.2) is 0 Å². The van der Waals surface area contributed by atoms with E-state index >= 15 is 0 Å². The van der Waals surface area contributed by atoms with Crippen molar-refractivity contribution in [3.05, 3.63) is 0 Å². The molecule has 108 valence electrons. The summed E-state index contributed by atoms with van der Waals surface area (Å²) in [6.45, 7) is 5.33. The van der Waals surface area contributed by atoms with E-state index in [9.17, 15) is 14.4 Å². The lowest BCUT2D eigenvalue weighted by Crippen LogP contribution is -2.61. The van der Waals surface area contributed by atoms with Gasteiger partial charge in [-0.2, -0.15) is 0 Å². The number of rotatable bonds is 2. The molecule has 8 heteroatoms. The molecule has 1 saturated heterocycles. The first-order valence-corrected chi connectivity index (χ1v) is 5.93. The Hall–Kier alpha value is -1.99. The van der Waals surface area contributed by atoms with E-state index in [0.717, 1.165) is 0 Å². The van der Waals surface area contributed by atoms with Gasteiger partial charge in [0.1, 0.15) is 5.60 Å². The van der Waals surface area contributed by atoms with Gasteiger partial charge in [-0.1, -0.05) is 0 Å². The second kappa shape index (κ2) is 5.77. The van der Waals surface area contributed by atoms with Crippen LogP contribution in [0.1, 0.15) is 27.2 Å². The fourth-order valence-electron chi connectivity index (χ4n) is 1.70. The third kappa shape index (κ3) is 5.45. The number of amides is 3. The summed E-state index contributed by atoms with van der Waals surface area (Å²) >= 11 is 0. The largest absolute Gasteiger partial charge is 0.465 e. The molecule has 0 unspecified atom stereocenters. The molecule has 0 saturated carbocycles. The van der Waals surface area contributed by atoms with Gasteiger partial charge in [-0.15, -0.1) is 0 Å². The van der Waals surface area contributed by atoms with Gasteiger partial charge in [0.25, 0.3) is 0 Å². The van der Waals surface area contributed by atoms with Gasteiger partial charge >= 0.3 is 12.2 Å². The van der Waals surface area contributed by atoms with Crippen LogP contribution in [0, 0.1) is 0 Å². The van der Waals surface area contributed by atoms with Crippen molar-refractivity contribution in [1.82, 2.24) is 16.0 Å². The summed E-state index contributed by atoms with van der Waals surface area (Å²) in [7, 11) is 0. The summed E-state index contributed by atoms with van der Waals surface area (Å²) in [6.07, 6.45) is -1.91. The van der Waals surface area contributed by atoms with Gasteiger partial charge in [-0.3, -0.25) is 4.79 Å². The topological polar surface area (TPSA) is 117 Å². The normalized spacial score (nSPS) is 23.2. The van der Waals surface area contributed by atoms with Crippen LogP contribution >= 0.6 is 0 Å². The first-order valence-electron chi connectivity index (χ1n) is 5.93. The molecular weight excluding hydrogens is 254 g/mol. The van der Waals surface area contributed by atoms with Crippen LogP contribution in [0.5, 0.6) is 0 Å². The molecule has 1 aliphatic rings. The number of hydrogen-bond donors (Lipinski definition) is 4. The van der Waals surface area contributed by atoms with Crippen molar-refractivity contribution in [2.75, 3.05) is 6.54 Å². The fourth-order valence-corrected chi connectivity index (χ4v) is 1.70. The average molecular weight is 273 g/mol. The molecule has 1 rings (SSSR count). The highest BCUT2D eigenvalue weighted by atomic mass is 16.6. The van der Waals surface area contributed by atoms with Crippen molar-refractivity contribution in [3.63, 3.8) is 0 Å². The summed E-state index contributed by atoms with van der Waals surface area (Å²) in [5, 5.41) is 16.0. The highest BCUT2D eigenvalue weighted by Crippen LogP contribution is 2.09. The second-order valence-corrected chi connectivity index (χ2v) is 5.32. The van der Waals surface area contributed by atoms with Crippen molar-refractivity contribution < 1.29 is 24.2 Å². The van der Waals surface area contributed by atoms with Crippen molar-refractivity contribution in [2.45, 2.75) is 44.9 Å². The Labute approximate surface area is 110 Å². The lowest BCUT2D eigenvalue weighted by Gasteiger charge is -2.32. The zero-order valence-electron chi connectivity index (χ0n) is 11.1. The first-order chi connectivity index (χ1) is 8.67. The molecule has 0 spiro atoms. The SMILES string of the molecule is CC(C)(C)OC(=O)N[C@@H]1CNC(=O)C[C@H]1NC(=O)O. The lowest BCUT2D eigenvalue weighted by atomic mass is 10.0. The quantitative estimate of drug-likeness (QED) is 0.566. The van der Waals surface area contributed by atoms with Crippen molar-refractivity contribution >= 4 is 18.1 Å². The molecule has 0 aromatic carbocycles. The second-order valence-electron chi connectivity index (χ2n) is 5.32. The molecule has 1 fully saturated rings. The highest BCUT2D eigenvalue weighted by Gasteiger charge is 2.32. The average Bonchev–Trinajstić information content (AvgIpc) is 2.18. The monoisotopic (exact) mass is 273 g/mol. The van der Waals surface area contributed by atoms with Crippen LogP contribution in [-0.2, 0) is 9.53 Å². The summed E-state index contributed by atoms with van der Waals surface area (Å²) < 4.78 is 5.08. The summed E-state index contributed by atoms with van der Waals surface area (Å²) in [5.41, 5.74) is -0.641. The third-order valence-electron chi connectivity index (χ3n) is 2.42. The maximum atomic E-state index is 11.6. The number of ether oxygens (including phenoxy) is 1. The van der Waals surface area contributed by atoms with E-state index in [1.165, 1.54) is 0 Å². The van der Waals surface area contributed by atoms with E-state index < -0.39 is 29.9 Å². The van der Waals surface area contributed by atoms with Gasteiger partial charge in [-0.05, 0) is 20.8 Å². The Morgan fingerprint density at radius 2 is 1.95 bits per heavy atom. The Morgan fingerprint density at radius 3 is 2.47 bits per heavy atom. The van der Waals surface area contributed by atoms with Gasteiger partial charge in [0, 0.05) is 13.0 Å². The molecule has 2 atom stereocenters. The first kappa shape index (κ1) is 15.1. The van der Waals surface area contributed by atoms with Crippen molar-refractivity contribution in [1.29, 1.82) is 0 Å². The number of carbonyl (C=O) groups excluding carboxylic acids is 2. The molecule has 0 radical (unpaired) electrons. The Balaban J connectivity index is 2.60. The van der Waals surface area contributed by atoms with Crippen LogP contribution in [-0.4, -0.2) is 47.4 Å². The van der Waals surface area contributed by atoms with E-state index in [2.05, 4.69) is 16.0 Å². The maximum Gasteiger partial charge on any atom is 0.408 e. The lowest BCUT2D eigenvalue weighted by molar-refractivity contribution is -0.123. The van der Waals surface area contributed by atoms with Gasteiger partial charge in [-0.25, -0.2) is 9.59 Å². The van der Waals surface area contributed by atoms with E-state index in [4.69, 9.17) is 9.84 Å². The number of piperidine rings is 1.